The molecule has 0 aliphatic carbocycles. The highest BCUT2D eigenvalue weighted by Crippen LogP contribution is 2.33. The first-order chi connectivity index (χ1) is 14.3. The summed E-state index contributed by atoms with van der Waals surface area (Å²) in [4.78, 5) is 7.14. The fraction of sp³-hybridized carbons (Fsp3) is 0.318. The topological polar surface area (TPSA) is 50.3 Å². The van der Waals surface area contributed by atoms with Gasteiger partial charge in [0.25, 0.3) is 0 Å². The molecular weight excluding hydrogens is 459 g/mol. The fourth-order valence-electron chi connectivity index (χ4n) is 3.80. The SMILES string of the molecule is Cc1cccc(Cc2csc(N3CCC(S(=O)(=O)c4ccc(Cl)cc4Cl)CC3)n2)c1. The van der Waals surface area contributed by atoms with Gasteiger partial charge in [0.2, 0.25) is 0 Å². The van der Waals surface area contributed by atoms with Gasteiger partial charge >= 0.3 is 0 Å². The summed E-state index contributed by atoms with van der Waals surface area (Å²) in [6, 6.07) is 13.0. The van der Waals surface area contributed by atoms with Crippen molar-refractivity contribution in [1.29, 1.82) is 0 Å². The molecule has 3 aromatic rings. The molecule has 30 heavy (non-hydrogen) atoms. The van der Waals surface area contributed by atoms with Gasteiger partial charge in [0.1, 0.15) is 0 Å². The van der Waals surface area contributed by atoms with Crippen LogP contribution < -0.4 is 4.90 Å². The van der Waals surface area contributed by atoms with Crippen molar-refractivity contribution in [2.45, 2.75) is 36.3 Å². The Morgan fingerprint density at radius 1 is 1.13 bits per heavy atom. The van der Waals surface area contributed by atoms with Crippen molar-refractivity contribution in [1.82, 2.24) is 4.98 Å². The molecule has 2 heterocycles. The molecule has 1 fully saturated rings. The van der Waals surface area contributed by atoms with Crippen molar-refractivity contribution < 1.29 is 8.42 Å². The number of anilines is 1. The Morgan fingerprint density at radius 3 is 2.60 bits per heavy atom. The summed E-state index contributed by atoms with van der Waals surface area (Å²) < 4.78 is 26.1. The Hall–Kier alpha value is -1.60. The fourth-order valence-corrected chi connectivity index (χ4v) is 7.19. The highest BCUT2D eigenvalue weighted by Gasteiger charge is 2.33. The molecule has 4 rings (SSSR count). The number of hydrogen-bond donors (Lipinski definition) is 0. The second kappa shape index (κ2) is 8.87. The molecule has 2 aromatic carbocycles. The average molecular weight is 481 g/mol. The second-order valence-electron chi connectivity index (χ2n) is 7.59. The van der Waals surface area contributed by atoms with E-state index in [-0.39, 0.29) is 9.92 Å². The van der Waals surface area contributed by atoms with Crippen molar-refractivity contribution in [3.05, 3.63) is 74.7 Å². The van der Waals surface area contributed by atoms with Gasteiger partial charge in [-0.05, 0) is 43.5 Å². The van der Waals surface area contributed by atoms with Crippen LogP contribution in [0.4, 0.5) is 5.13 Å². The number of thiazole rings is 1. The lowest BCUT2D eigenvalue weighted by Gasteiger charge is -2.31. The van der Waals surface area contributed by atoms with Crippen molar-refractivity contribution in [3.63, 3.8) is 0 Å². The molecule has 0 bridgehead atoms. The lowest BCUT2D eigenvalue weighted by Crippen LogP contribution is -2.39. The maximum absolute atomic E-state index is 13.0. The van der Waals surface area contributed by atoms with Crippen molar-refractivity contribution >= 4 is 49.5 Å². The van der Waals surface area contributed by atoms with E-state index in [0.29, 0.717) is 31.0 Å². The number of rotatable bonds is 5. The van der Waals surface area contributed by atoms with Crippen LogP contribution in [0, 0.1) is 6.92 Å². The molecule has 1 aliphatic heterocycles. The first-order valence-corrected chi connectivity index (χ1v) is 12.9. The highest BCUT2D eigenvalue weighted by molar-refractivity contribution is 7.92. The summed E-state index contributed by atoms with van der Waals surface area (Å²) in [6.45, 7) is 3.41. The smallest absolute Gasteiger partial charge is 0.185 e. The first kappa shape index (κ1) is 21.6. The van der Waals surface area contributed by atoms with E-state index < -0.39 is 15.1 Å². The third-order valence-electron chi connectivity index (χ3n) is 5.36. The van der Waals surface area contributed by atoms with Crippen molar-refractivity contribution in [3.8, 4) is 0 Å². The van der Waals surface area contributed by atoms with Crippen LogP contribution in [0.1, 0.15) is 29.7 Å². The van der Waals surface area contributed by atoms with Crippen LogP contribution in [0.5, 0.6) is 0 Å². The molecule has 0 saturated carbocycles. The number of sulfone groups is 1. The number of aromatic nitrogens is 1. The minimum Gasteiger partial charge on any atom is -0.348 e. The zero-order valence-electron chi connectivity index (χ0n) is 16.5. The van der Waals surface area contributed by atoms with Crippen LogP contribution in [0.3, 0.4) is 0 Å². The maximum atomic E-state index is 13.0. The number of hydrogen-bond acceptors (Lipinski definition) is 5. The Morgan fingerprint density at radius 2 is 1.90 bits per heavy atom. The van der Waals surface area contributed by atoms with Gasteiger partial charge in [0.15, 0.2) is 15.0 Å². The molecule has 158 valence electrons. The van der Waals surface area contributed by atoms with Crippen LogP contribution in [-0.2, 0) is 16.3 Å². The standard InChI is InChI=1S/C22H22Cl2N2O2S2/c1-15-3-2-4-16(11-15)12-18-14-29-22(25-18)26-9-7-19(8-10-26)30(27,28)21-6-5-17(23)13-20(21)24/h2-6,11,13-14,19H,7-10,12H2,1H3. The third kappa shape index (κ3) is 4.67. The normalized spacial score (nSPS) is 15.5. The predicted molar refractivity (Wildman–Crippen MR) is 125 cm³/mol. The maximum Gasteiger partial charge on any atom is 0.185 e. The molecule has 1 saturated heterocycles. The molecule has 0 N–H and O–H groups in total. The largest absolute Gasteiger partial charge is 0.348 e. The summed E-state index contributed by atoms with van der Waals surface area (Å²) in [7, 11) is -3.49. The number of benzene rings is 2. The molecule has 4 nitrogen and oxygen atoms in total. The van der Waals surface area contributed by atoms with Gasteiger partial charge in [0.05, 0.1) is 20.9 Å². The van der Waals surface area contributed by atoms with E-state index in [4.69, 9.17) is 28.2 Å². The summed E-state index contributed by atoms with van der Waals surface area (Å²) in [5.41, 5.74) is 3.53. The van der Waals surface area contributed by atoms with Crippen LogP contribution >= 0.6 is 34.5 Å². The molecule has 0 atom stereocenters. The van der Waals surface area contributed by atoms with E-state index in [1.54, 1.807) is 17.4 Å². The third-order valence-corrected chi connectivity index (χ3v) is 9.29. The molecular formula is C22H22Cl2N2O2S2. The molecule has 1 aliphatic rings. The number of halogens is 2. The zero-order valence-corrected chi connectivity index (χ0v) is 19.7. The molecule has 0 radical (unpaired) electrons. The Kier molecular flexibility index (Phi) is 6.39. The van der Waals surface area contributed by atoms with E-state index in [1.165, 1.54) is 23.3 Å². The summed E-state index contributed by atoms with van der Waals surface area (Å²) >= 11 is 13.7. The van der Waals surface area contributed by atoms with Gasteiger partial charge in [-0.3, -0.25) is 0 Å². The number of nitrogens with zero attached hydrogens (tertiary/aromatic N) is 2. The molecule has 1 aromatic heterocycles. The van der Waals surface area contributed by atoms with E-state index in [1.807, 2.05) is 0 Å². The summed E-state index contributed by atoms with van der Waals surface area (Å²) in [5, 5.41) is 3.22. The minimum absolute atomic E-state index is 0.168. The van der Waals surface area contributed by atoms with E-state index in [9.17, 15) is 8.42 Å². The molecule has 0 unspecified atom stereocenters. The highest BCUT2D eigenvalue weighted by atomic mass is 35.5. The monoisotopic (exact) mass is 480 g/mol. The van der Waals surface area contributed by atoms with E-state index in [0.717, 1.165) is 17.2 Å². The quantitative estimate of drug-likeness (QED) is 0.463. The Balaban J connectivity index is 1.42. The average Bonchev–Trinajstić information content (AvgIpc) is 3.16. The lowest BCUT2D eigenvalue weighted by molar-refractivity contribution is 0.529. The number of aryl methyl sites for hydroxylation is 1. The van der Waals surface area contributed by atoms with Crippen LogP contribution in [0.25, 0.3) is 0 Å². The lowest BCUT2D eigenvalue weighted by atomic mass is 10.1. The van der Waals surface area contributed by atoms with Gasteiger partial charge in [-0.1, -0.05) is 53.0 Å². The molecule has 0 spiro atoms. The number of piperidine rings is 1. The van der Waals surface area contributed by atoms with E-state index in [2.05, 4.69) is 41.5 Å². The van der Waals surface area contributed by atoms with E-state index >= 15 is 0 Å². The van der Waals surface area contributed by atoms with Gasteiger partial charge in [0, 0.05) is 29.9 Å². The van der Waals surface area contributed by atoms with Crippen LogP contribution in [0.15, 0.2) is 52.7 Å². The minimum atomic E-state index is -3.49. The molecule has 0 amide bonds. The first-order valence-electron chi connectivity index (χ1n) is 9.77. The van der Waals surface area contributed by atoms with Crippen molar-refractivity contribution in [2.24, 2.45) is 0 Å². The Labute approximate surface area is 191 Å². The predicted octanol–water partition coefficient (Wildman–Crippen LogP) is 5.79. The Bertz CT molecular complexity index is 1150. The van der Waals surface area contributed by atoms with Gasteiger partial charge in [-0.15, -0.1) is 11.3 Å². The summed E-state index contributed by atoms with van der Waals surface area (Å²) in [5.74, 6) is 0. The van der Waals surface area contributed by atoms with Crippen LogP contribution in [-0.4, -0.2) is 31.7 Å². The van der Waals surface area contributed by atoms with Gasteiger partial charge in [-0.25, -0.2) is 13.4 Å². The molecule has 8 heteroatoms. The van der Waals surface area contributed by atoms with Crippen LogP contribution in [0.2, 0.25) is 10.0 Å². The van der Waals surface area contributed by atoms with Gasteiger partial charge in [-0.2, -0.15) is 0 Å². The van der Waals surface area contributed by atoms with Crippen molar-refractivity contribution in [2.75, 3.05) is 18.0 Å². The summed E-state index contributed by atoms with van der Waals surface area (Å²) in [6.07, 6.45) is 1.90. The second-order valence-corrected chi connectivity index (χ2v) is 11.5. The zero-order chi connectivity index (χ0) is 21.3. The van der Waals surface area contributed by atoms with Gasteiger partial charge < -0.3 is 4.90 Å².